The molecular weight excluding hydrogens is 340 g/mol. The molecule has 0 fully saturated rings. The first-order valence-electron chi connectivity index (χ1n) is 7.86. The molecule has 2 aromatic carbocycles. The van der Waals surface area contributed by atoms with Crippen molar-refractivity contribution in [1.29, 1.82) is 0 Å². The van der Waals surface area contributed by atoms with Gasteiger partial charge >= 0.3 is 0 Å². The highest BCUT2D eigenvalue weighted by Crippen LogP contribution is 2.10. The lowest BCUT2D eigenvalue weighted by Crippen LogP contribution is -2.35. The van der Waals surface area contributed by atoms with Crippen molar-refractivity contribution in [3.05, 3.63) is 65.7 Å². The summed E-state index contributed by atoms with van der Waals surface area (Å²) in [5, 5.41) is 2.61. The fourth-order valence-corrected chi connectivity index (χ4v) is 3.16. The molecule has 1 unspecified atom stereocenters. The molecule has 25 heavy (non-hydrogen) atoms. The third-order valence-electron chi connectivity index (χ3n) is 3.66. The number of amides is 1. The van der Waals surface area contributed by atoms with E-state index >= 15 is 0 Å². The number of carbonyl (C=O) groups is 2. The van der Waals surface area contributed by atoms with Gasteiger partial charge in [-0.1, -0.05) is 37.3 Å². The maximum absolute atomic E-state index is 12.2. The fourth-order valence-electron chi connectivity index (χ4n) is 2.12. The summed E-state index contributed by atoms with van der Waals surface area (Å²) in [5.74, 6) is -0.338. The normalized spacial score (nSPS) is 12.4. The summed E-state index contributed by atoms with van der Waals surface area (Å²) < 4.78 is 26.8. The summed E-state index contributed by atoms with van der Waals surface area (Å²) in [6.45, 7) is 1.92. The van der Waals surface area contributed by atoms with Crippen molar-refractivity contribution in [3.8, 4) is 0 Å². The van der Waals surface area contributed by atoms with Gasteiger partial charge in [0.15, 0.2) is 0 Å². The van der Waals surface area contributed by atoms with E-state index in [0.29, 0.717) is 18.3 Å². The van der Waals surface area contributed by atoms with Crippen LogP contribution in [0, 0.1) is 0 Å². The third kappa shape index (κ3) is 5.23. The maximum atomic E-state index is 12.2. The SMILES string of the molecule is CCC(C=O)NC(=O)c1ccc(CNS(=O)(=O)c2ccccc2)cc1. The standard InChI is InChI=1S/C18H20N2O4S/c1-2-16(13-21)20-18(22)15-10-8-14(9-11-15)12-19-25(23,24)17-6-4-3-5-7-17/h3-11,13,16,19H,2,12H2,1H3,(H,20,22). The van der Waals surface area contributed by atoms with Gasteiger partial charge < -0.3 is 10.1 Å². The van der Waals surface area contributed by atoms with Gasteiger partial charge in [-0.05, 0) is 36.2 Å². The number of benzene rings is 2. The molecule has 2 rings (SSSR count). The van der Waals surface area contributed by atoms with Crippen LogP contribution in [0.5, 0.6) is 0 Å². The van der Waals surface area contributed by atoms with Gasteiger partial charge in [0.25, 0.3) is 5.91 Å². The lowest BCUT2D eigenvalue weighted by Gasteiger charge is -2.11. The molecule has 1 amide bonds. The van der Waals surface area contributed by atoms with E-state index in [2.05, 4.69) is 10.0 Å². The first-order valence-corrected chi connectivity index (χ1v) is 9.34. The van der Waals surface area contributed by atoms with E-state index in [1.54, 1.807) is 49.4 Å². The van der Waals surface area contributed by atoms with E-state index in [0.717, 1.165) is 5.56 Å². The molecule has 0 aromatic heterocycles. The Balaban J connectivity index is 1.99. The molecule has 132 valence electrons. The Morgan fingerprint density at radius 2 is 1.72 bits per heavy atom. The van der Waals surface area contributed by atoms with Crippen LogP contribution in [0.3, 0.4) is 0 Å². The van der Waals surface area contributed by atoms with Crippen molar-refractivity contribution in [2.24, 2.45) is 0 Å². The molecule has 1 atom stereocenters. The van der Waals surface area contributed by atoms with Crippen LogP contribution in [-0.2, 0) is 21.4 Å². The quantitative estimate of drug-likeness (QED) is 0.703. The first kappa shape index (κ1) is 18.8. The van der Waals surface area contributed by atoms with Crippen LogP contribution >= 0.6 is 0 Å². The molecule has 0 saturated heterocycles. The van der Waals surface area contributed by atoms with Crippen LogP contribution in [0.15, 0.2) is 59.5 Å². The molecule has 0 aliphatic heterocycles. The Kier molecular flexibility index (Phi) is 6.44. The Labute approximate surface area is 147 Å². The van der Waals surface area contributed by atoms with Crippen molar-refractivity contribution in [1.82, 2.24) is 10.0 Å². The zero-order valence-corrected chi connectivity index (χ0v) is 14.6. The summed E-state index contributed by atoms with van der Waals surface area (Å²) in [6, 6.07) is 14.1. The Morgan fingerprint density at radius 1 is 1.08 bits per heavy atom. The fraction of sp³-hybridized carbons (Fsp3) is 0.222. The van der Waals surface area contributed by atoms with Crippen molar-refractivity contribution < 1.29 is 18.0 Å². The van der Waals surface area contributed by atoms with Gasteiger partial charge in [0, 0.05) is 12.1 Å². The Morgan fingerprint density at radius 3 is 2.28 bits per heavy atom. The Hall–Kier alpha value is -2.51. The van der Waals surface area contributed by atoms with Crippen LogP contribution in [0.25, 0.3) is 0 Å². The number of nitrogens with one attached hydrogen (secondary N) is 2. The number of sulfonamides is 1. The lowest BCUT2D eigenvalue weighted by atomic mass is 10.1. The van der Waals surface area contributed by atoms with Gasteiger partial charge in [-0.2, -0.15) is 0 Å². The minimum atomic E-state index is -3.58. The van der Waals surface area contributed by atoms with Crippen LogP contribution in [-0.4, -0.2) is 26.7 Å². The molecule has 0 saturated carbocycles. The van der Waals surface area contributed by atoms with E-state index in [1.165, 1.54) is 12.1 Å². The van der Waals surface area contributed by atoms with E-state index in [-0.39, 0.29) is 17.3 Å². The number of carbonyl (C=O) groups excluding carboxylic acids is 2. The average molecular weight is 360 g/mol. The van der Waals surface area contributed by atoms with E-state index in [1.807, 2.05) is 0 Å². The number of hydrogen-bond acceptors (Lipinski definition) is 4. The highest BCUT2D eigenvalue weighted by atomic mass is 32.2. The number of aldehydes is 1. The van der Waals surface area contributed by atoms with Crippen LogP contribution in [0.1, 0.15) is 29.3 Å². The first-order chi connectivity index (χ1) is 12.0. The minimum Gasteiger partial charge on any atom is -0.343 e. The predicted octanol–water partition coefficient (Wildman–Crippen LogP) is 1.87. The lowest BCUT2D eigenvalue weighted by molar-refractivity contribution is -0.109. The molecule has 2 N–H and O–H groups in total. The van der Waals surface area contributed by atoms with Crippen molar-refractivity contribution >= 4 is 22.2 Å². The summed E-state index contributed by atoms with van der Waals surface area (Å²) >= 11 is 0. The molecule has 7 heteroatoms. The van der Waals surface area contributed by atoms with E-state index in [4.69, 9.17) is 0 Å². The predicted molar refractivity (Wildman–Crippen MR) is 94.5 cm³/mol. The molecule has 0 aliphatic rings. The topological polar surface area (TPSA) is 92.3 Å². The van der Waals surface area contributed by atoms with Crippen molar-refractivity contribution in [3.63, 3.8) is 0 Å². The molecule has 0 heterocycles. The minimum absolute atomic E-state index is 0.116. The van der Waals surface area contributed by atoms with Gasteiger partial charge in [0.2, 0.25) is 10.0 Å². The second-order valence-corrected chi connectivity index (χ2v) is 7.23. The largest absolute Gasteiger partial charge is 0.343 e. The second kappa shape index (κ2) is 8.55. The summed E-state index contributed by atoms with van der Waals surface area (Å²) in [6.07, 6.45) is 1.22. The van der Waals surface area contributed by atoms with E-state index < -0.39 is 16.1 Å². The van der Waals surface area contributed by atoms with Gasteiger partial charge in [-0.25, -0.2) is 13.1 Å². The monoisotopic (exact) mass is 360 g/mol. The zero-order valence-electron chi connectivity index (χ0n) is 13.8. The second-order valence-electron chi connectivity index (χ2n) is 5.46. The Bertz CT molecular complexity index is 818. The van der Waals surface area contributed by atoms with Gasteiger partial charge in [0.1, 0.15) is 6.29 Å². The van der Waals surface area contributed by atoms with Gasteiger partial charge in [0.05, 0.1) is 10.9 Å². The van der Waals surface area contributed by atoms with Crippen LogP contribution in [0.4, 0.5) is 0 Å². The third-order valence-corrected chi connectivity index (χ3v) is 5.07. The molecule has 0 aliphatic carbocycles. The molecule has 6 nitrogen and oxygen atoms in total. The molecular formula is C18H20N2O4S. The highest BCUT2D eigenvalue weighted by molar-refractivity contribution is 7.89. The molecule has 0 radical (unpaired) electrons. The number of rotatable bonds is 8. The van der Waals surface area contributed by atoms with Crippen LogP contribution < -0.4 is 10.0 Å². The van der Waals surface area contributed by atoms with Crippen molar-refractivity contribution in [2.75, 3.05) is 0 Å². The smallest absolute Gasteiger partial charge is 0.251 e. The average Bonchev–Trinajstić information content (AvgIpc) is 2.65. The van der Waals surface area contributed by atoms with E-state index in [9.17, 15) is 18.0 Å². The van der Waals surface area contributed by atoms with Crippen LogP contribution in [0.2, 0.25) is 0 Å². The summed E-state index contributed by atoms with van der Waals surface area (Å²) in [7, 11) is -3.58. The molecule has 0 bridgehead atoms. The zero-order chi connectivity index (χ0) is 18.3. The molecule has 0 spiro atoms. The summed E-state index contributed by atoms with van der Waals surface area (Å²) in [4.78, 5) is 23.0. The number of hydrogen-bond donors (Lipinski definition) is 2. The molecule has 2 aromatic rings. The maximum Gasteiger partial charge on any atom is 0.251 e. The highest BCUT2D eigenvalue weighted by Gasteiger charge is 2.14. The van der Waals surface area contributed by atoms with Gasteiger partial charge in [-0.3, -0.25) is 4.79 Å². The summed E-state index contributed by atoms with van der Waals surface area (Å²) in [5.41, 5.74) is 1.13. The van der Waals surface area contributed by atoms with Gasteiger partial charge in [-0.15, -0.1) is 0 Å². The van der Waals surface area contributed by atoms with Crippen molar-refractivity contribution in [2.45, 2.75) is 30.8 Å².